The number of rotatable bonds is 25. The second-order valence-electron chi connectivity index (χ2n) is 24.5. The lowest BCUT2D eigenvalue weighted by atomic mass is 9.90. The van der Waals surface area contributed by atoms with Crippen LogP contribution in [-0.4, -0.2) is 172 Å². The van der Waals surface area contributed by atoms with Gasteiger partial charge in [0.2, 0.25) is 59.1 Å². The first-order chi connectivity index (χ1) is 43.9. The number of aliphatic hydroxyl groups is 1. The van der Waals surface area contributed by atoms with Gasteiger partial charge in [0.1, 0.15) is 30.0 Å². The average molecular weight is 1300 g/mol. The summed E-state index contributed by atoms with van der Waals surface area (Å²) in [5.41, 5.74) is 13.7. The molecule has 10 amide bonds. The topological polar surface area (TPSA) is 409 Å². The first-order valence-electron chi connectivity index (χ1n) is 32.1. The second-order valence-corrected chi connectivity index (χ2v) is 25.5. The minimum atomic E-state index is -1.51. The highest BCUT2D eigenvalue weighted by molar-refractivity contribution is 7.99. The maximum absolute atomic E-state index is 14.8. The van der Waals surface area contributed by atoms with Gasteiger partial charge in [-0.05, 0) is 79.3 Å². The van der Waals surface area contributed by atoms with E-state index in [4.69, 9.17) is 11.5 Å². The van der Waals surface area contributed by atoms with Crippen molar-refractivity contribution in [3.05, 3.63) is 65.2 Å². The summed E-state index contributed by atoms with van der Waals surface area (Å²) in [5.74, 6) is -12.1. The van der Waals surface area contributed by atoms with Gasteiger partial charge in [-0.3, -0.25) is 62.3 Å². The number of nitrogens with zero attached hydrogens (tertiary/aromatic N) is 1. The number of nitrogens with two attached hydrogens (primary N) is 2. The quantitative estimate of drug-likeness (QED) is 0.0521. The number of thioether (sulfide) groups is 1. The minimum absolute atomic E-state index is 0.0444. The number of fused-ring (bicyclic) bond motifs is 5. The van der Waals surface area contributed by atoms with E-state index in [9.17, 15) is 67.4 Å². The van der Waals surface area contributed by atoms with E-state index >= 15 is 0 Å². The number of carbonyl (C=O) groups is 13. The van der Waals surface area contributed by atoms with Crippen LogP contribution in [0.25, 0.3) is 10.9 Å². The van der Waals surface area contributed by atoms with Crippen LogP contribution in [0.4, 0.5) is 0 Å². The van der Waals surface area contributed by atoms with Crippen LogP contribution >= 0.6 is 11.8 Å². The zero-order chi connectivity index (χ0) is 67.2. The Hall–Kier alpha value is -8.04. The van der Waals surface area contributed by atoms with E-state index in [1.807, 2.05) is 37.3 Å². The third kappa shape index (κ3) is 21.3. The Morgan fingerprint density at radius 1 is 0.761 bits per heavy atom. The van der Waals surface area contributed by atoms with Gasteiger partial charge in [-0.2, -0.15) is 0 Å². The Kier molecular flexibility index (Phi) is 28.3. The van der Waals surface area contributed by atoms with Gasteiger partial charge in [0.05, 0.1) is 42.2 Å². The van der Waals surface area contributed by atoms with Crippen molar-refractivity contribution in [3.8, 4) is 0 Å². The molecular weight excluding hydrogens is 1200 g/mol. The van der Waals surface area contributed by atoms with Crippen molar-refractivity contribution in [2.45, 2.75) is 185 Å². The van der Waals surface area contributed by atoms with Crippen LogP contribution in [0.15, 0.2) is 53.6 Å². The molecule has 2 bridgehead atoms. The average Bonchev–Trinajstić information content (AvgIpc) is 1.63. The molecule has 1 fully saturated rings. The third-order valence-electron chi connectivity index (χ3n) is 17.3. The summed E-state index contributed by atoms with van der Waals surface area (Å²) in [7, 11) is 0. The Morgan fingerprint density at radius 3 is 2.12 bits per heavy atom. The van der Waals surface area contributed by atoms with Gasteiger partial charge >= 0.3 is 0 Å². The lowest BCUT2D eigenvalue weighted by molar-refractivity contribution is -0.145. The molecule has 0 aliphatic carbocycles. The molecule has 3 aliphatic heterocycles. The fourth-order valence-electron chi connectivity index (χ4n) is 11.7. The fourth-order valence-corrected chi connectivity index (χ4v) is 12.8. The van der Waals surface area contributed by atoms with E-state index < -0.39 is 145 Å². The molecule has 1 saturated heterocycles. The fraction of sp³-hybridized carbons (Fsp3) is 0.585. The van der Waals surface area contributed by atoms with Gasteiger partial charge in [0.15, 0.2) is 11.6 Å². The van der Waals surface area contributed by atoms with Crippen LogP contribution in [0.2, 0.25) is 0 Å². The first kappa shape index (κ1) is 73.0. The third-order valence-corrected chi connectivity index (χ3v) is 18.4. The van der Waals surface area contributed by atoms with Crippen molar-refractivity contribution < 1.29 is 67.4 Å². The highest BCUT2D eigenvalue weighted by Gasteiger charge is 2.44. The number of H-pyrrole nitrogens is 1. The molecule has 6 rings (SSSR count). The van der Waals surface area contributed by atoms with Crippen LogP contribution in [0.5, 0.6) is 0 Å². The van der Waals surface area contributed by atoms with E-state index in [-0.39, 0.29) is 93.6 Å². The number of aliphatic hydroxyl groups excluding tert-OH is 1. The highest BCUT2D eigenvalue weighted by atomic mass is 32.2. The van der Waals surface area contributed by atoms with Crippen molar-refractivity contribution in [3.63, 3.8) is 0 Å². The number of aromatic amines is 1. The van der Waals surface area contributed by atoms with Crippen LogP contribution in [0, 0.1) is 23.7 Å². The predicted octanol–water partition coefficient (Wildman–Crippen LogP) is 0.746. The number of unbranched alkanes of at least 4 members (excludes halogenated alkanes) is 1. The number of hydrogen-bond acceptors (Lipinski definition) is 16. The molecule has 2 aromatic carbocycles. The van der Waals surface area contributed by atoms with Crippen molar-refractivity contribution in [1.82, 2.24) is 52.4 Å². The molecule has 14 N–H and O–H groups in total. The molecule has 26 nitrogen and oxygen atoms in total. The molecule has 11 atom stereocenters. The normalized spacial score (nSPS) is 22.8. The SMILES string of the molecule is CCCC(=O)N[C@H](Cc1ccccc1)C(=O)C[C@H](CCCCN)C(=O)NCCCC(=O)Cc1ccc2[nH]c3c(c2c1)C[C@@H]1NC(=O)[C@H](C(C)CC)NC(=O)[C@@H]2C[C@@H](O)CN2C(=O)[C@H](CC(N)=O)CC(=O)[C@H](CS3)NC(=O)CNC(=O)[C@H]([C@@H](C)CC)NC(=O)CNC1=O. The van der Waals surface area contributed by atoms with Gasteiger partial charge in [-0.1, -0.05) is 90.3 Å². The van der Waals surface area contributed by atoms with Crippen molar-refractivity contribution >= 4 is 99.1 Å². The molecule has 1 aromatic heterocycles. The molecule has 0 radical (unpaired) electrons. The second kappa shape index (κ2) is 35.7. The van der Waals surface area contributed by atoms with Crippen LogP contribution in [0.3, 0.4) is 0 Å². The summed E-state index contributed by atoms with van der Waals surface area (Å²) in [6.45, 7) is 7.63. The number of primary amides is 1. The number of Topliss-reactive ketones (excluding diaryl/α,β-unsaturated/α-hetero) is 3. The summed E-state index contributed by atoms with van der Waals surface area (Å²) in [6, 6.07) is 6.73. The summed E-state index contributed by atoms with van der Waals surface area (Å²) in [5, 5.41) is 33.5. The summed E-state index contributed by atoms with van der Waals surface area (Å²) in [4.78, 5) is 186. The van der Waals surface area contributed by atoms with Gasteiger partial charge in [0.25, 0.3) is 0 Å². The highest BCUT2D eigenvalue weighted by Crippen LogP contribution is 2.34. The van der Waals surface area contributed by atoms with E-state index in [0.29, 0.717) is 72.1 Å². The number of benzene rings is 2. The molecular formula is C65H92N12O14S. The lowest BCUT2D eigenvalue weighted by Gasteiger charge is -2.31. The smallest absolute Gasteiger partial charge is 0.243 e. The molecule has 27 heteroatoms. The number of hydrogen-bond donors (Lipinski definition) is 12. The minimum Gasteiger partial charge on any atom is -0.391 e. The van der Waals surface area contributed by atoms with Crippen LogP contribution < -0.4 is 54.0 Å². The van der Waals surface area contributed by atoms with E-state index in [0.717, 1.165) is 22.2 Å². The van der Waals surface area contributed by atoms with Crippen molar-refractivity contribution in [2.24, 2.45) is 35.1 Å². The number of amides is 10. The maximum Gasteiger partial charge on any atom is 0.243 e. The monoisotopic (exact) mass is 1300 g/mol. The molecule has 3 aromatic rings. The van der Waals surface area contributed by atoms with Gasteiger partial charge in [0, 0.05) is 87.0 Å². The van der Waals surface area contributed by atoms with Gasteiger partial charge in [-0.25, -0.2) is 0 Å². The zero-order valence-corrected chi connectivity index (χ0v) is 54.1. The summed E-state index contributed by atoms with van der Waals surface area (Å²) < 4.78 is 0. The number of carbonyl (C=O) groups excluding carboxylic acids is 13. The Balaban J connectivity index is 1.33. The molecule has 0 spiro atoms. The van der Waals surface area contributed by atoms with Crippen LogP contribution in [-0.2, 0) is 81.6 Å². The molecule has 92 heavy (non-hydrogen) atoms. The van der Waals surface area contributed by atoms with E-state index in [2.05, 4.69) is 47.5 Å². The maximum atomic E-state index is 14.8. The standard InChI is InChI=1S/C65H92N12O14S/c1-6-15-54(83)71-47(26-38-16-10-9-11-17-38)51(80)27-40(18-12-13-22-66)59(86)68-23-14-19-42(78)24-39-20-21-46-44(25-39)45-31-48-60(87)69-33-56(85)75-57(36(4)7-2)62(89)70-32-55(84)72-49(35-92-64(45)74-46)52(81)28-41(29-53(67)82)65(91)77-34-43(79)30-50(77)61(88)76-58(37(5)8-3)63(90)73-48/h9-11,16-17,20-21,25,36-37,40-41,43,47-50,57-58,74,79H,6-8,12-15,18-19,22-24,26-35,66H2,1-5H3,(H2,67,82)(H,68,86)(H,69,87)(H,70,89)(H,71,83)(H,72,84)(H,73,90)(H,75,85)(H,76,88)/t36-,37?,40-,41-,43+,47+,48-,49-,50-,57-,58-/m0/s1. The molecule has 4 heterocycles. The van der Waals surface area contributed by atoms with Gasteiger partial charge in [-0.15, -0.1) is 11.8 Å². The largest absolute Gasteiger partial charge is 0.391 e. The van der Waals surface area contributed by atoms with Gasteiger partial charge < -0.3 is 69.0 Å². The molecule has 502 valence electrons. The molecule has 3 aliphatic rings. The Morgan fingerprint density at radius 2 is 1.45 bits per heavy atom. The van der Waals surface area contributed by atoms with Crippen molar-refractivity contribution in [1.29, 1.82) is 0 Å². The van der Waals surface area contributed by atoms with Crippen LogP contribution in [0.1, 0.15) is 135 Å². The first-order valence-corrected chi connectivity index (χ1v) is 33.1. The van der Waals surface area contributed by atoms with Crippen molar-refractivity contribution in [2.75, 3.05) is 38.5 Å². The number of nitrogens with one attached hydrogen (secondary N) is 9. The van der Waals surface area contributed by atoms with E-state index in [1.54, 1.807) is 45.9 Å². The number of aromatic nitrogens is 1. The molecule has 1 unspecified atom stereocenters. The number of ketones is 3. The Bertz CT molecular complexity index is 3160. The van der Waals surface area contributed by atoms with E-state index in [1.165, 1.54) is 0 Å². The predicted molar refractivity (Wildman–Crippen MR) is 342 cm³/mol. The Labute approximate surface area is 540 Å². The summed E-state index contributed by atoms with van der Waals surface area (Å²) >= 11 is 1.03. The lowest BCUT2D eigenvalue weighted by Crippen LogP contribution is -2.59. The molecule has 0 saturated carbocycles. The zero-order valence-electron chi connectivity index (χ0n) is 53.3. The summed E-state index contributed by atoms with van der Waals surface area (Å²) in [6.07, 6.45) is 0.399.